The molecule has 3 aliphatic rings. The Hall–Kier alpha value is -0.870. The van der Waals surface area contributed by atoms with E-state index in [1.54, 1.807) is 0 Å². The summed E-state index contributed by atoms with van der Waals surface area (Å²) in [4.78, 5) is 16.1. The van der Waals surface area contributed by atoms with Crippen LogP contribution in [-0.2, 0) is 11.2 Å². The van der Waals surface area contributed by atoms with Gasteiger partial charge in [-0.05, 0) is 55.0 Å². The summed E-state index contributed by atoms with van der Waals surface area (Å²) in [5.74, 6) is 1.03. The molecule has 0 saturated heterocycles. The first-order valence-corrected chi connectivity index (χ1v) is 8.30. The lowest BCUT2D eigenvalue weighted by atomic mass is 9.96. The maximum Gasteiger partial charge on any atom is 0.237 e. The molecule has 4 rings (SSSR count). The fourth-order valence-corrected chi connectivity index (χ4v) is 4.08. The van der Waals surface area contributed by atoms with Crippen LogP contribution in [0.3, 0.4) is 0 Å². The summed E-state index contributed by atoms with van der Waals surface area (Å²) in [6, 6.07) is 3.24. The number of amides is 1. The molecule has 1 aromatic heterocycles. The average Bonchev–Trinajstić information content (AvgIpc) is 3.33. The van der Waals surface area contributed by atoms with Gasteiger partial charge in [0.1, 0.15) is 0 Å². The number of hydrogen-bond acceptors (Lipinski definition) is 3. The van der Waals surface area contributed by atoms with Gasteiger partial charge in [0.15, 0.2) is 0 Å². The predicted octanol–water partition coefficient (Wildman–Crippen LogP) is 2.34. The van der Waals surface area contributed by atoms with Crippen LogP contribution in [0.1, 0.15) is 42.2 Å². The number of thiophene rings is 1. The van der Waals surface area contributed by atoms with Crippen LogP contribution in [0.2, 0.25) is 0 Å². The monoisotopic (exact) mass is 276 g/mol. The van der Waals surface area contributed by atoms with Crippen molar-refractivity contribution in [3.05, 3.63) is 21.9 Å². The van der Waals surface area contributed by atoms with E-state index in [1.807, 2.05) is 11.3 Å². The molecule has 1 unspecified atom stereocenters. The van der Waals surface area contributed by atoms with Crippen molar-refractivity contribution in [1.29, 1.82) is 0 Å². The Kier molecular flexibility index (Phi) is 2.88. The zero-order valence-electron chi connectivity index (χ0n) is 11.1. The van der Waals surface area contributed by atoms with Crippen molar-refractivity contribution in [3.8, 4) is 0 Å². The van der Waals surface area contributed by atoms with Gasteiger partial charge in [-0.2, -0.15) is 0 Å². The average molecular weight is 276 g/mol. The van der Waals surface area contributed by atoms with Crippen molar-refractivity contribution in [2.24, 2.45) is 5.92 Å². The highest BCUT2D eigenvalue weighted by atomic mass is 32.1. The second-order valence-corrected chi connectivity index (χ2v) is 7.07. The fraction of sp³-hybridized carbons (Fsp3) is 0.667. The lowest BCUT2D eigenvalue weighted by molar-refractivity contribution is -0.133. The first kappa shape index (κ1) is 11.9. The molecule has 4 heteroatoms. The normalized spacial score (nSPS) is 26.3. The number of carbonyl (C=O) groups is 1. The van der Waals surface area contributed by atoms with Crippen molar-refractivity contribution in [2.75, 3.05) is 13.1 Å². The molecule has 0 aromatic carbocycles. The largest absolute Gasteiger partial charge is 0.334 e. The zero-order chi connectivity index (χ0) is 12.8. The Labute approximate surface area is 118 Å². The molecule has 3 nitrogen and oxygen atoms in total. The number of carbonyl (C=O) groups excluding carboxylic acids is 1. The van der Waals surface area contributed by atoms with Gasteiger partial charge in [0.2, 0.25) is 5.91 Å². The highest BCUT2D eigenvalue weighted by Gasteiger charge is 2.41. The summed E-state index contributed by atoms with van der Waals surface area (Å²) in [7, 11) is 0. The van der Waals surface area contributed by atoms with E-state index >= 15 is 0 Å². The molecule has 1 amide bonds. The van der Waals surface area contributed by atoms with Gasteiger partial charge in [0.05, 0.1) is 12.6 Å². The highest BCUT2D eigenvalue weighted by Crippen LogP contribution is 2.48. The van der Waals surface area contributed by atoms with Crippen LogP contribution in [0, 0.1) is 5.92 Å². The van der Waals surface area contributed by atoms with E-state index < -0.39 is 0 Å². The quantitative estimate of drug-likeness (QED) is 0.915. The minimum atomic E-state index is 0.306. The van der Waals surface area contributed by atoms with Gasteiger partial charge in [-0.1, -0.05) is 0 Å². The number of hydrogen-bond donors (Lipinski definition) is 1. The molecular formula is C15H20N2OS. The molecule has 2 saturated carbocycles. The van der Waals surface area contributed by atoms with Crippen LogP contribution >= 0.6 is 11.3 Å². The second kappa shape index (κ2) is 4.60. The van der Waals surface area contributed by atoms with Crippen molar-refractivity contribution >= 4 is 17.2 Å². The Morgan fingerprint density at radius 3 is 2.95 bits per heavy atom. The standard InChI is InChI=1S/C15H20N2OS/c18-14(9-16-11-3-4-11)17-7-5-13-12(6-8-19-13)15(17)10-1-2-10/h6,8,10-11,15-16H,1-5,7,9H2. The molecule has 0 bridgehead atoms. The van der Waals surface area contributed by atoms with E-state index in [0.717, 1.165) is 18.9 Å². The smallest absolute Gasteiger partial charge is 0.237 e. The van der Waals surface area contributed by atoms with Gasteiger partial charge in [-0.15, -0.1) is 11.3 Å². The fourth-order valence-electron chi connectivity index (χ4n) is 3.17. The molecular weight excluding hydrogens is 256 g/mol. The van der Waals surface area contributed by atoms with Crippen molar-refractivity contribution in [1.82, 2.24) is 10.2 Å². The van der Waals surface area contributed by atoms with E-state index in [1.165, 1.54) is 36.1 Å². The van der Waals surface area contributed by atoms with Gasteiger partial charge < -0.3 is 10.2 Å². The SMILES string of the molecule is O=C(CNC1CC1)N1CCc2sccc2C1C1CC1. The Balaban J connectivity index is 1.52. The molecule has 2 aliphatic carbocycles. The Morgan fingerprint density at radius 1 is 1.37 bits per heavy atom. The summed E-state index contributed by atoms with van der Waals surface area (Å²) in [5, 5.41) is 5.55. The van der Waals surface area contributed by atoms with Crippen LogP contribution in [0.5, 0.6) is 0 Å². The summed E-state index contributed by atoms with van der Waals surface area (Å²) < 4.78 is 0. The van der Waals surface area contributed by atoms with Crippen molar-refractivity contribution in [2.45, 2.75) is 44.2 Å². The maximum absolute atomic E-state index is 12.5. The number of nitrogens with zero attached hydrogens (tertiary/aromatic N) is 1. The van der Waals surface area contributed by atoms with E-state index in [2.05, 4.69) is 21.7 Å². The van der Waals surface area contributed by atoms with E-state index in [9.17, 15) is 4.79 Å². The minimum Gasteiger partial charge on any atom is -0.334 e. The number of rotatable bonds is 4. The van der Waals surface area contributed by atoms with Gasteiger partial charge in [-0.25, -0.2) is 0 Å². The van der Waals surface area contributed by atoms with Gasteiger partial charge >= 0.3 is 0 Å². The van der Waals surface area contributed by atoms with Crippen LogP contribution in [-0.4, -0.2) is 29.9 Å². The van der Waals surface area contributed by atoms with Gasteiger partial charge in [0, 0.05) is 17.5 Å². The molecule has 2 heterocycles. The predicted molar refractivity (Wildman–Crippen MR) is 76.2 cm³/mol. The van der Waals surface area contributed by atoms with Crippen LogP contribution in [0.4, 0.5) is 0 Å². The van der Waals surface area contributed by atoms with Gasteiger partial charge in [0.25, 0.3) is 0 Å². The lowest BCUT2D eigenvalue weighted by Crippen LogP contribution is -2.44. The summed E-state index contributed by atoms with van der Waals surface area (Å²) in [5.41, 5.74) is 1.44. The molecule has 1 atom stereocenters. The second-order valence-electron chi connectivity index (χ2n) is 6.07. The molecule has 1 aromatic rings. The van der Waals surface area contributed by atoms with Crippen LogP contribution in [0.15, 0.2) is 11.4 Å². The van der Waals surface area contributed by atoms with E-state index in [0.29, 0.717) is 24.5 Å². The number of fused-ring (bicyclic) bond motifs is 1. The van der Waals surface area contributed by atoms with Crippen molar-refractivity contribution in [3.63, 3.8) is 0 Å². The Bertz CT molecular complexity index is 490. The third-order valence-electron chi connectivity index (χ3n) is 4.52. The molecule has 1 N–H and O–H groups in total. The van der Waals surface area contributed by atoms with E-state index in [-0.39, 0.29) is 0 Å². The van der Waals surface area contributed by atoms with Crippen LogP contribution < -0.4 is 5.32 Å². The molecule has 19 heavy (non-hydrogen) atoms. The van der Waals surface area contributed by atoms with Gasteiger partial charge in [-0.3, -0.25) is 4.79 Å². The zero-order valence-corrected chi connectivity index (χ0v) is 11.9. The number of nitrogens with one attached hydrogen (secondary N) is 1. The molecule has 2 fully saturated rings. The van der Waals surface area contributed by atoms with Crippen LogP contribution in [0.25, 0.3) is 0 Å². The third-order valence-corrected chi connectivity index (χ3v) is 5.52. The minimum absolute atomic E-state index is 0.306. The third kappa shape index (κ3) is 2.32. The molecule has 1 aliphatic heterocycles. The highest BCUT2D eigenvalue weighted by molar-refractivity contribution is 7.10. The first-order chi connectivity index (χ1) is 9.33. The van der Waals surface area contributed by atoms with E-state index in [4.69, 9.17) is 0 Å². The molecule has 0 spiro atoms. The molecule has 0 radical (unpaired) electrons. The Morgan fingerprint density at radius 2 is 2.21 bits per heavy atom. The summed E-state index contributed by atoms with van der Waals surface area (Å²) in [6.45, 7) is 1.45. The first-order valence-electron chi connectivity index (χ1n) is 7.42. The maximum atomic E-state index is 12.5. The molecule has 102 valence electrons. The summed E-state index contributed by atoms with van der Waals surface area (Å²) >= 11 is 1.86. The summed E-state index contributed by atoms with van der Waals surface area (Å²) in [6.07, 6.45) is 6.12. The lowest BCUT2D eigenvalue weighted by Gasteiger charge is -2.36. The van der Waals surface area contributed by atoms with Crippen molar-refractivity contribution < 1.29 is 4.79 Å². The topological polar surface area (TPSA) is 32.3 Å².